The standard InChI is InChI=1S/C24H20N4O5S/c29-22-21-18(15-6-2-1-3-7-15)14-34-23(21)26-20(25-22)13-33-24(30)17-12-16(28(31)32)8-9-19(17)27-10-4-5-11-27/h1-3,6-9,12,14H,4-5,10-11,13H2,(H,25,26,29). The molecule has 1 aliphatic rings. The first-order valence-electron chi connectivity index (χ1n) is 10.8. The van der Waals surface area contributed by atoms with Crippen molar-refractivity contribution in [1.82, 2.24) is 9.97 Å². The number of nitro groups is 1. The summed E-state index contributed by atoms with van der Waals surface area (Å²) >= 11 is 1.34. The van der Waals surface area contributed by atoms with Gasteiger partial charge in [-0.05, 0) is 24.5 Å². The molecule has 1 aliphatic heterocycles. The summed E-state index contributed by atoms with van der Waals surface area (Å²) in [6.07, 6.45) is 1.98. The molecule has 5 rings (SSSR count). The molecule has 0 bridgehead atoms. The summed E-state index contributed by atoms with van der Waals surface area (Å²) in [5, 5.41) is 13.6. The number of aromatic nitrogens is 2. The second-order valence-corrected chi connectivity index (χ2v) is 8.80. The number of aromatic amines is 1. The summed E-state index contributed by atoms with van der Waals surface area (Å²) in [6, 6.07) is 13.8. The predicted octanol–water partition coefficient (Wildman–Crippen LogP) is 4.52. The number of anilines is 1. The molecule has 3 heterocycles. The number of nitrogens with zero attached hydrogens (tertiary/aromatic N) is 3. The topological polar surface area (TPSA) is 118 Å². The van der Waals surface area contributed by atoms with Crippen molar-refractivity contribution >= 4 is 38.9 Å². The molecule has 0 spiro atoms. The molecule has 2 aromatic carbocycles. The Bertz CT molecular complexity index is 1440. The molecule has 0 radical (unpaired) electrons. The van der Waals surface area contributed by atoms with Gasteiger partial charge in [-0.15, -0.1) is 11.3 Å². The smallest absolute Gasteiger partial charge is 0.340 e. The Morgan fingerprint density at radius 1 is 1.18 bits per heavy atom. The van der Waals surface area contributed by atoms with Crippen LogP contribution in [0, 0.1) is 10.1 Å². The van der Waals surface area contributed by atoms with E-state index in [0.717, 1.165) is 37.1 Å². The third kappa shape index (κ3) is 4.15. The molecule has 172 valence electrons. The minimum Gasteiger partial charge on any atom is -0.454 e. The highest BCUT2D eigenvalue weighted by Gasteiger charge is 2.24. The van der Waals surface area contributed by atoms with Crippen LogP contribution in [0.5, 0.6) is 0 Å². The average molecular weight is 477 g/mol. The Morgan fingerprint density at radius 3 is 2.68 bits per heavy atom. The van der Waals surface area contributed by atoms with Gasteiger partial charge in [-0.2, -0.15) is 0 Å². The van der Waals surface area contributed by atoms with Crippen LogP contribution in [0.15, 0.2) is 58.7 Å². The Hall–Kier alpha value is -4.05. The van der Waals surface area contributed by atoms with E-state index in [2.05, 4.69) is 9.97 Å². The van der Waals surface area contributed by atoms with Crippen LogP contribution in [-0.4, -0.2) is 34.0 Å². The minimum absolute atomic E-state index is 0.127. The van der Waals surface area contributed by atoms with Gasteiger partial charge in [-0.3, -0.25) is 14.9 Å². The summed E-state index contributed by atoms with van der Waals surface area (Å²) in [7, 11) is 0. The number of nitrogens with one attached hydrogen (secondary N) is 1. The van der Waals surface area contributed by atoms with Crippen LogP contribution in [0.3, 0.4) is 0 Å². The number of carbonyl (C=O) groups excluding carboxylic acids is 1. The second-order valence-electron chi connectivity index (χ2n) is 7.94. The lowest BCUT2D eigenvalue weighted by Crippen LogP contribution is -2.22. The van der Waals surface area contributed by atoms with Crippen LogP contribution in [-0.2, 0) is 11.3 Å². The fourth-order valence-corrected chi connectivity index (χ4v) is 5.11. The van der Waals surface area contributed by atoms with Crippen molar-refractivity contribution < 1.29 is 14.5 Å². The number of benzene rings is 2. The van der Waals surface area contributed by atoms with Crippen molar-refractivity contribution in [3.8, 4) is 11.1 Å². The van der Waals surface area contributed by atoms with Crippen molar-refractivity contribution in [2.24, 2.45) is 0 Å². The number of nitro benzene ring substituents is 1. The number of hydrogen-bond donors (Lipinski definition) is 1. The van der Waals surface area contributed by atoms with Crippen LogP contribution < -0.4 is 10.5 Å². The van der Waals surface area contributed by atoms with Gasteiger partial charge in [0, 0.05) is 36.2 Å². The number of non-ortho nitro benzene ring substituents is 1. The fraction of sp³-hybridized carbons (Fsp3) is 0.208. The van der Waals surface area contributed by atoms with Gasteiger partial charge >= 0.3 is 5.97 Å². The number of fused-ring (bicyclic) bond motifs is 1. The highest BCUT2D eigenvalue weighted by molar-refractivity contribution is 7.17. The van der Waals surface area contributed by atoms with Gasteiger partial charge in [-0.1, -0.05) is 30.3 Å². The lowest BCUT2D eigenvalue weighted by Gasteiger charge is -2.20. The molecule has 1 N–H and O–H groups in total. The van der Waals surface area contributed by atoms with Gasteiger partial charge in [0.1, 0.15) is 17.3 Å². The molecule has 0 saturated carbocycles. The van der Waals surface area contributed by atoms with E-state index < -0.39 is 10.9 Å². The number of rotatable bonds is 6. The van der Waals surface area contributed by atoms with Crippen molar-refractivity contribution in [3.63, 3.8) is 0 Å². The summed E-state index contributed by atoms with van der Waals surface area (Å²) in [5.74, 6) is -0.495. The van der Waals surface area contributed by atoms with Gasteiger partial charge in [-0.25, -0.2) is 9.78 Å². The molecular formula is C24H20N4O5S. The Morgan fingerprint density at radius 2 is 1.94 bits per heavy atom. The zero-order valence-corrected chi connectivity index (χ0v) is 18.8. The number of H-pyrrole nitrogens is 1. The number of carbonyl (C=O) groups is 1. The van der Waals surface area contributed by atoms with Gasteiger partial charge < -0.3 is 14.6 Å². The summed E-state index contributed by atoms with van der Waals surface area (Å²) < 4.78 is 5.43. The van der Waals surface area contributed by atoms with Gasteiger partial charge in [0.15, 0.2) is 0 Å². The Kier molecular flexibility index (Phi) is 5.81. The second kappa shape index (κ2) is 9.06. The first kappa shape index (κ1) is 21.8. The molecule has 10 heteroatoms. The van der Waals surface area contributed by atoms with Crippen LogP contribution >= 0.6 is 11.3 Å². The van der Waals surface area contributed by atoms with E-state index in [-0.39, 0.29) is 29.2 Å². The molecule has 0 aliphatic carbocycles. The maximum absolute atomic E-state index is 12.9. The summed E-state index contributed by atoms with van der Waals surface area (Å²) in [5.41, 5.74) is 1.95. The van der Waals surface area contributed by atoms with E-state index in [4.69, 9.17) is 4.74 Å². The fourth-order valence-electron chi connectivity index (χ4n) is 4.14. The third-order valence-electron chi connectivity index (χ3n) is 5.78. The van der Waals surface area contributed by atoms with Crippen molar-refractivity contribution in [2.45, 2.75) is 19.4 Å². The quantitative estimate of drug-likeness (QED) is 0.247. The van der Waals surface area contributed by atoms with E-state index in [1.807, 2.05) is 40.6 Å². The molecule has 34 heavy (non-hydrogen) atoms. The van der Waals surface area contributed by atoms with E-state index in [1.165, 1.54) is 23.5 Å². The average Bonchev–Trinajstić information content (AvgIpc) is 3.53. The first-order chi connectivity index (χ1) is 16.5. The zero-order valence-electron chi connectivity index (χ0n) is 18.0. The van der Waals surface area contributed by atoms with Crippen LogP contribution in [0.1, 0.15) is 29.0 Å². The van der Waals surface area contributed by atoms with Crippen molar-refractivity contribution in [1.29, 1.82) is 0 Å². The van der Waals surface area contributed by atoms with E-state index in [9.17, 15) is 19.7 Å². The highest BCUT2D eigenvalue weighted by Crippen LogP contribution is 2.31. The summed E-state index contributed by atoms with van der Waals surface area (Å²) in [6.45, 7) is 1.28. The Balaban J connectivity index is 1.40. The van der Waals surface area contributed by atoms with Gasteiger partial charge in [0.05, 0.1) is 21.6 Å². The molecule has 0 amide bonds. The number of esters is 1. The molecule has 4 aromatic rings. The van der Waals surface area contributed by atoms with Gasteiger partial charge in [0.2, 0.25) is 0 Å². The maximum Gasteiger partial charge on any atom is 0.340 e. The molecule has 0 atom stereocenters. The number of ether oxygens (including phenoxy) is 1. The van der Waals surface area contributed by atoms with Crippen LogP contribution in [0.2, 0.25) is 0 Å². The van der Waals surface area contributed by atoms with Crippen molar-refractivity contribution in [3.05, 3.63) is 85.8 Å². The molecule has 9 nitrogen and oxygen atoms in total. The molecule has 1 saturated heterocycles. The SMILES string of the molecule is O=C(OCc1nc2scc(-c3ccccc3)c2c(=O)[nH]1)c1cc([N+](=O)[O-])ccc1N1CCCC1. The third-order valence-corrected chi connectivity index (χ3v) is 6.65. The number of thiophene rings is 1. The lowest BCUT2D eigenvalue weighted by molar-refractivity contribution is -0.384. The summed E-state index contributed by atoms with van der Waals surface area (Å²) in [4.78, 5) is 46.1. The normalized spacial score (nSPS) is 13.4. The molecule has 2 aromatic heterocycles. The first-order valence-corrected chi connectivity index (χ1v) is 11.7. The zero-order chi connectivity index (χ0) is 23.7. The molecule has 1 fully saturated rings. The molecular weight excluding hydrogens is 456 g/mol. The lowest BCUT2D eigenvalue weighted by atomic mass is 10.1. The maximum atomic E-state index is 12.9. The minimum atomic E-state index is -0.704. The van der Waals surface area contributed by atoms with E-state index >= 15 is 0 Å². The monoisotopic (exact) mass is 476 g/mol. The largest absolute Gasteiger partial charge is 0.454 e. The van der Waals surface area contributed by atoms with Crippen LogP contribution in [0.4, 0.5) is 11.4 Å². The van der Waals surface area contributed by atoms with E-state index in [1.54, 1.807) is 6.07 Å². The van der Waals surface area contributed by atoms with Crippen molar-refractivity contribution in [2.75, 3.05) is 18.0 Å². The predicted molar refractivity (Wildman–Crippen MR) is 129 cm³/mol. The van der Waals surface area contributed by atoms with Crippen LogP contribution in [0.25, 0.3) is 21.3 Å². The number of hydrogen-bond acceptors (Lipinski definition) is 8. The molecule has 0 unspecified atom stereocenters. The highest BCUT2D eigenvalue weighted by atomic mass is 32.1. The van der Waals surface area contributed by atoms with Gasteiger partial charge in [0.25, 0.3) is 11.2 Å². The van der Waals surface area contributed by atoms with E-state index in [0.29, 0.717) is 15.9 Å². The Labute approximate surface area is 197 Å².